The summed E-state index contributed by atoms with van der Waals surface area (Å²) in [5.74, 6) is 0.564. The Morgan fingerprint density at radius 2 is 1.65 bits per heavy atom. The Morgan fingerprint density at radius 1 is 1.00 bits per heavy atom. The molecule has 9 heteroatoms. The highest BCUT2D eigenvalue weighted by atomic mass is 19.4. The Bertz CT molecular complexity index is 1100. The van der Waals surface area contributed by atoms with E-state index < -0.39 is 17.6 Å². The van der Waals surface area contributed by atoms with Gasteiger partial charge in [-0.25, -0.2) is 0 Å². The molecule has 0 aliphatic heterocycles. The third-order valence-corrected chi connectivity index (χ3v) is 5.16. The predicted octanol–water partition coefficient (Wildman–Crippen LogP) is 4.70. The van der Waals surface area contributed by atoms with Gasteiger partial charge in [-0.15, -0.1) is 0 Å². The second-order valence-corrected chi connectivity index (χ2v) is 7.66. The molecular weight excluding hydrogens is 449 g/mol. The third kappa shape index (κ3) is 6.89. The number of rotatable bonds is 10. The first-order chi connectivity index (χ1) is 16.2. The maximum absolute atomic E-state index is 12.7. The van der Waals surface area contributed by atoms with Gasteiger partial charge in [0.1, 0.15) is 12.4 Å². The quantitative estimate of drug-likeness (QED) is 0.396. The number of carbonyl (C=O) groups excluding carboxylic acids is 1. The zero-order valence-corrected chi connectivity index (χ0v) is 18.4. The van der Waals surface area contributed by atoms with E-state index in [1.54, 1.807) is 24.3 Å². The summed E-state index contributed by atoms with van der Waals surface area (Å²) in [7, 11) is 1.49. The molecule has 0 aliphatic carbocycles. The topological polar surface area (TPSA) is 93.8 Å². The number of halogens is 3. The zero-order valence-electron chi connectivity index (χ0n) is 18.4. The van der Waals surface area contributed by atoms with Gasteiger partial charge in [0.25, 0.3) is 0 Å². The number of ether oxygens (including phenoxy) is 2. The lowest BCUT2D eigenvalue weighted by molar-refractivity contribution is -0.137. The van der Waals surface area contributed by atoms with E-state index in [1.807, 2.05) is 6.07 Å². The number of aromatic hydroxyl groups is 1. The van der Waals surface area contributed by atoms with E-state index in [2.05, 4.69) is 5.32 Å². The van der Waals surface area contributed by atoms with Gasteiger partial charge in [-0.2, -0.15) is 13.2 Å². The summed E-state index contributed by atoms with van der Waals surface area (Å²) < 4.78 is 49.3. The van der Waals surface area contributed by atoms with Crippen LogP contribution in [0, 0.1) is 0 Å². The Balaban J connectivity index is 1.65. The van der Waals surface area contributed by atoms with Crippen molar-refractivity contribution in [3.05, 3.63) is 89.0 Å². The fourth-order valence-electron chi connectivity index (χ4n) is 3.35. The van der Waals surface area contributed by atoms with Gasteiger partial charge in [-0.1, -0.05) is 30.3 Å². The van der Waals surface area contributed by atoms with Crippen molar-refractivity contribution in [1.29, 1.82) is 0 Å². The molecule has 0 aliphatic rings. The molecular formula is C25H25F3N2O4. The SMILES string of the molecule is COc1cc(CNC(CC(N)=O)c2ccc(O)cc2)ccc1OCc1ccc(C(F)(F)F)cc1. The van der Waals surface area contributed by atoms with Gasteiger partial charge < -0.3 is 25.6 Å². The fourth-order valence-corrected chi connectivity index (χ4v) is 3.35. The number of hydrogen-bond donors (Lipinski definition) is 3. The molecule has 1 amide bonds. The number of alkyl halides is 3. The highest BCUT2D eigenvalue weighted by Gasteiger charge is 2.29. The molecule has 4 N–H and O–H groups in total. The molecule has 0 heterocycles. The minimum absolute atomic E-state index is 0.0770. The summed E-state index contributed by atoms with van der Waals surface area (Å²) in [4.78, 5) is 11.5. The van der Waals surface area contributed by atoms with Gasteiger partial charge >= 0.3 is 6.18 Å². The normalized spacial score (nSPS) is 12.2. The molecule has 34 heavy (non-hydrogen) atoms. The molecule has 3 rings (SSSR count). The van der Waals surface area contributed by atoms with Crippen molar-refractivity contribution >= 4 is 5.91 Å². The minimum atomic E-state index is -4.38. The Kier molecular flexibility index (Phi) is 8.01. The number of methoxy groups -OCH3 is 1. The van der Waals surface area contributed by atoms with Crippen LogP contribution in [0.4, 0.5) is 13.2 Å². The second kappa shape index (κ2) is 10.9. The van der Waals surface area contributed by atoms with E-state index in [0.29, 0.717) is 23.6 Å². The van der Waals surface area contributed by atoms with Crippen molar-refractivity contribution in [2.45, 2.75) is 31.8 Å². The molecule has 180 valence electrons. The van der Waals surface area contributed by atoms with Gasteiger partial charge in [-0.3, -0.25) is 4.79 Å². The summed E-state index contributed by atoms with van der Waals surface area (Å²) in [5, 5.41) is 12.8. The second-order valence-electron chi connectivity index (χ2n) is 7.66. The summed E-state index contributed by atoms with van der Waals surface area (Å²) >= 11 is 0. The van der Waals surface area contributed by atoms with Crippen molar-refractivity contribution < 1.29 is 32.5 Å². The van der Waals surface area contributed by atoms with Crippen LogP contribution in [0.5, 0.6) is 17.2 Å². The van der Waals surface area contributed by atoms with Crippen LogP contribution in [-0.2, 0) is 24.1 Å². The van der Waals surface area contributed by atoms with E-state index in [4.69, 9.17) is 15.2 Å². The molecule has 3 aromatic carbocycles. The minimum Gasteiger partial charge on any atom is -0.508 e. The average molecular weight is 474 g/mol. The number of amides is 1. The molecule has 6 nitrogen and oxygen atoms in total. The molecule has 1 atom stereocenters. The maximum Gasteiger partial charge on any atom is 0.416 e. The number of benzene rings is 3. The van der Waals surface area contributed by atoms with Gasteiger partial charge in [0.2, 0.25) is 5.91 Å². The van der Waals surface area contributed by atoms with E-state index in [-0.39, 0.29) is 24.8 Å². The molecule has 0 spiro atoms. The molecule has 0 fully saturated rings. The summed E-state index contributed by atoms with van der Waals surface area (Å²) in [6.45, 7) is 0.474. The smallest absolute Gasteiger partial charge is 0.416 e. The molecule has 1 unspecified atom stereocenters. The van der Waals surface area contributed by atoms with Crippen LogP contribution in [0.2, 0.25) is 0 Å². The number of phenols is 1. The standard InChI is InChI=1S/C25H25F3N2O4/c1-33-23-12-17(14-30-21(13-24(29)32)18-5-9-20(31)10-6-18)4-11-22(23)34-15-16-2-7-19(8-3-16)25(26,27)28/h2-12,21,30-31H,13-15H2,1H3,(H2,29,32). The van der Waals surface area contributed by atoms with Crippen LogP contribution in [-0.4, -0.2) is 18.1 Å². The molecule has 0 bridgehead atoms. The highest BCUT2D eigenvalue weighted by Crippen LogP contribution is 2.31. The van der Waals surface area contributed by atoms with E-state index in [1.165, 1.54) is 31.4 Å². The van der Waals surface area contributed by atoms with Gasteiger partial charge in [0.15, 0.2) is 11.5 Å². The molecule has 0 saturated carbocycles. The predicted molar refractivity (Wildman–Crippen MR) is 120 cm³/mol. The number of carbonyl (C=O) groups is 1. The summed E-state index contributed by atoms with van der Waals surface area (Å²) in [6.07, 6.45) is -4.30. The van der Waals surface area contributed by atoms with Crippen LogP contribution in [0.25, 0.3) is 0 Å². The first-order valence-electron chi connectivity index (χ1n) is 10.4. The van der Waals surface area contributed by atoms with Crippen LogP contribution < -0.4 is 20.5 Å². The number of phenolic OH excluding ortho intramolecular Hbond substituents is 1. The first kappa shape index (κ1) is 24.9. The van der Waals surface area contributed by atoms with Crippen molar-refractivity contribution in [3.63, 3.8) is 0 Å². The largest absolute Gasteiger partial charge is 0.508 e. The van der Waals surface area contributed by atoms with Crippen molar-refractivity contribution in [2.24, 2.45) is 5.73 Å². The molecule has 0 radical (unpaired) electrons. The maximum atomic E-state index is 12.7. The lowest BCUT2D eigenvalue weighted by Crippen LogP contribution is -2.26. The summed E-state index contributed by atoms with van der Waals surface area (Å²) in [5.41, 5.74) is 6.92. The van der Waals surface area contributed by atoms with Crippen molar-refractivity contribution in [1.82, 2.24) is 5.32 Å². The lowest BCUT2D eigenvalue weighted by Gasteiger charge is -2.19. The van der Waals surface area contributed by atoms with Crippen LogP contribution in [0.3, 0.4) is 0 Å². The van der Waals surface area contributed by atoms with Crippen LogP contribution in [0.15, 0.2) is 66.7 Å². The molecule has 0 saturated heterocycles. The van der Waals surface area contributed by atoms with Crippen molar-refractivity contribution in [2.75, 3.05) is 7.11 Å². The van der Waals surface area contributed by atoms with E-state index in [9.17, 15) is 23.1 Å². The van der Waals surface area contributed by atoms with Crippen LogP contribution in [0.1, 0.15) is 34.7 Å². The number of primary amides is 1. The lowest BCUT2D eigenvalue weighted by atomic mass is 10.0. The summed E-state index contributed by atoms with van der Waals surface area (Å²) in [6, 6.07) is 16.2. The number of hydrogen-bond acceptors (Lipinski definition) is 5. The monoisotopic (exact) mass is 474 g/mol. The fraction of sp³-hybridized carbons (Fsp3) is 0.240. The van der Waals surface area contributed by atoms with E-state index >= 15 is 0 Å². The van der Waals surface area contributed by atoms with Gasteiger partial charge in [0, 0.05) is 19.0 Å². The Labute approximate surface area is 195 Å². The average Bonchev–Trinajstić information content (AvgIpc) is 2.80. The highest BCUT2D eigenvalue weighted by molar-refractivity contribution is 5.74. The Morgan fingerprint density at radius 3 is 2.24 bits per heavy atom. The molecule has 0 aromatic heterocycles. The van der Waals surface area contributed by atoms with Crippen LogP contribution >= 0.6 is 0 Å². The Hall–Kier alpha value is -3.72. The van der Waals surface area contributed by atoms with Gasteiger partial charge in [0.05, 0.1) is 12.7 Å². The third-order valence-electron chi connectivity index (χ3n) is 5.16. The molecule has 3 aromatic rings. The van der Waals surface area contributed by atoms with E-state index in [0.717, 1.165) is 23.3 Å². The van der Waals surface area contributed by atoms with Gasteiger partial charge in [-0.05, 0) is 53.1 Å². The van der Waals surface area contributed by atoms with Crippen molar-refractivity contribution in [3.8, 4) is 17.2 Å². The number of nitrogens with one attached hydrogen (secondary N) is 1. The number of nitrogens with two attached hydrogens (primary N) is 1. The first-order valence-corrected chi connectivity index (χ1v) is 10.4. The zero-order chi connectivity index (χ0) is 24.7.